The van der Waals surface area contributed by atoms with Crippen LogP contribution in [-0.4, -0.2) is 65.0 Å². The zero-order chi connectivity index (χ0) is 29.4. The lowest BCUT2D eigenvalue weighted by Gasteiger charge is -2.28. The highest BCUT2D eigenvalue weighted by molar-refractivity contribution is 7.89. The minimum absolute atomic E-state index is 0.0425. The fourth-order valence-electron chi connectivity index (χ4n) is 4.70. The molecule has 1 aromatic carbocycles. The predicted octanol–water partition coefficient (Wildman–Crippen LogP) is 4.65. The lowest BCUT2D eigenvalue weighted by Crippen LogP contribution is -2.42. The van der Waals surface area contributed by atoms with Gasteiger partial charge in [0.15, 0.2) is 0 Å². The Morgan fingerprint density at radius 2 is 1.88 bits per heavy atom. The number of nitrogens with one attached hydrogen (secondary N) is 2. The molecule has 0 aliphatic heterocycles. The molecule has 0 bridgehead atoms. The highest BCUT2D eigenvalue weighted by atomic mass is 32.2. The summed E-state index contributed by atoms with van der Waals surface area (Å²) in [5, 5.41) is 2.75. The number of aryl methyl sites for hydroxylation is 2. The molecule has 0 unspecified atom stereocenters. The number of nitrogens with zero attached hydrogens (tertiary/aromatic N) is 4. The summed E-state index contributed by atoms with van der Waals surface area (Å²) in [5.74, 6) is 1.02. The van der Waals surface area contributed by atoms with Crippen LogP contribution in [0, 0.1) is 12.8 Å². The SMILES string of the molecule is Cc1nc2c(Cc3ccc(S(=O)(=O)N(C)[C@H](COC(=O)NCCCc4cccnc4)CC(C)C)cc3)nccc2[nH]1. The smallest absolute Gasteiger partial charge is 0.407 e. The van der Waals surface area contributed by atoms with Crippen LogP contribution >= 0.6 is 0 Å². The Bertz CT molecular complexity index is 1540. The number of fused-ring (bicyclic) bond motifs is 1. The zero-order valence-electron chi connectivity index (χ0n) is 24.0. The molecule has 218 valence electrons. The maximum Gasteiger partial charge on any atom is 0.407 e. The molecular formula is C30H38N6O4S. The minimum atomic E-state index is -3.82. The van der Waals surface area contributed by atoms with Crippen molar-refractivity contribution in [2.24, 2.45) is 5.92 Å². The molecule has 41 heavy (non-hydrogen) atoms. The lowest BCUT2D eigenvalue weighted by atomic mass is 10.0. The number of hydrogen-bond donors (Lipinski definition) is 2. The number of sulfonamides is 1. The van der Waals surface area contributed by atoms with E-state index in [2.05, 4.69) is 25.3 Å². The van der Waals surface area contributed by atoms with E-state index < -0.39 is 22.2 Å². The number of rotatable bonds is 13. The third-order valence-corrected chi connectivity index (χ3v) is 8.79. The number of ether oxygens (including phenoxy) is 1. The van der Waals surface area contributed by atoms with Gasteiger partial charge >= 0.3 is 6.09 Å². The van der Waals surface area contributed by atoms with Crippen LogP contribution in [0.5, 0.6) is 0 Å². The van der Waals surface area contributed by atoms with Gasteiger partial charge in [-0.3, -0.25) is 9.97 Å². The first kappa shape index (κ1) is 30.1. The molecule has 1 amide bonds. The van der Waals surface area contributed by atoms with Gasteiger partial charge in [-0.25, -0.2) is 18.2 Å². The van der Waals surface area contributed by atoms with Gasteiger partial charge in [0.25, 0.3) is 0 Å². The van der Waals surface area contributed by atoms with Gasteiger partial charge in [0.2, 0.25) is 10.0 Å². The van der Waals surface area contributed by atoms with Crippen LogP contribution in [0.1, 0.15) is 49.3 Å². The van der Waals surface area contributed by atoms with E-state index in [-0.39, 0.29) is 17.4 Å². The quantitative estimate of drug-likeness (QED) is 0.221. The summed E-state index contributed by atoms with van der Waals surface area (Å²) in [6, 6.07) is 12.1. The molecule has 1 atom stereocenters. The lowest BCUT2D eigenvalue weighted by molar-refractivity contribution is 0.115. The maximum atomic E-state index is 13.5. The van der Waals surface area contributed by atoms with Crippen LogP contribution in [0.4, 0.5) is 4.79 Å². The van der Waals surface area contributed by atoms with Crippen LogP contribution in [0.25, 0.3) is 11.0 Å². The number of benzene rings is 1. The second-order valence-corrected chi connectivity index (χ2v) is 12.6. The van der Waals surface area contributed by atoms with Crippen LogP contribution in [-0.2, 0) is 27.6 Å². The van der Waals surface area contributed by atoms with Gasteiger partial charge in [0, 0.05) is 38.6 Å². The van der Waals surface area contributed by atoms with E-state index in [0.717, 1.165) is 46.5 Å². The summed E-state index contributed by atoms with van der Waals surface area (Å²) < 4.78 is 33.8. The van der Waals surface area contributed by atoms with Crippen molar-refractivity contribution in [2.75, 3.05) is 20.2 Å². The molecule has 2 N–H and O–H groups in total. The van der Waals surface area contributed by atoms with E-state index >= 15 is 0 Å². The Morgan fingerprint density at radius 1 is 1.10 bits per heavy atom. The highest BCUT2D eigenvalue weighted by Crippen LogP contribution is 2.23. The molecular weight excluding hydrogens is 540 g/mol. The fraction of sp³-hybridized carbons (Fsp3) is 0.400. The first-order valence-electron chi connectivity index (χ1n) is 13.8. The molecule has 0 radical (unpaired) electrons. The Hall–Kier alpha value is -3.83. The minimum Gasteiger partial charge on any atom is -0.448 e. The van der Waals surface area contributed by atoms with Gasteiger partial charge in [-0.2, -0.15) is 4.31 Å². The Balaban J connectivity index is 1.35. The Morgan fingerprint density at radius 3 is 2.59 bits per heavy atom. The number of amides is 1. The summed E-state index contributed by atoms with van der Waals surface area (Å²) in [4.78, 5) is 28.8. The number of alkyl carbamates (subject to hydrolysis) is 1. The molecule has 0 saturated heterocycles. The number of hydrogen-bond acceptors (Lipinski definition) is 7. The Labute approximate surface area is 241 Å². The molecule has 4 rings (SSSR count). The first-order chi connectivity index (χ1) is 19.6. The third kappa shape index (κ3) is 8.11. The summed E-state index contributed by atoms with van der Waals surface area (Å²) in [5.41, 5.74) is 4.58. The van der Waals surface area contributed by atoms with Crippen molar-refractivity contribution >= 4 is 27.1 Å². The average molecular weight is 579 g/mol. The summed E-state index contributed by atoms with van der Waals surface area (Å²) >= 11 is 0. The van der Waals surface area contributed by atoms with Crippen molar-refractivity contribution in [3.05, 3.63) is 83.7 Å². The largest absolute Gasteiger partial charge is 0.448 e. The normalized spacial score (nSPS) is 12.6. The van der Waals surface area contributed by atoms with Crippen molar-refractivity contribution in [3.63, 3.8) is 0 Å². The van der Waals surface area contributed by atoms with Crippen LogP contribution < -0.4 is 5.32 Å². The molecule has 0 fully saturated rings. The highest BCUT2D eigenvalue weighted by Gasteiger charge is 2.29. The molecule has 3 aromatic heterocycles. The number of likely N-dealkylation sites (N-methyl/N-ethyl adjacent to an activating group) is 1. The zero-order valence-corrected chi connectivity index (χ0v) is 24.8. The monoisotopic (exact) mass is 578 g/mol. The summed E-state index contributed by atoms with van der Waals surface area (Å²) in [7, 11) is -2.28. The van der Waals surface area contributed by atoms with Crippen molar-refractivity contribution in [1.29, 1.82) is 0 Å². The van der Waals surface area contributed by atoms with E-state index in [1.807, 2.05) is 39.0 Å². The van der Waals surface area contributed by atoms with Crippen molar-refractivity contribution in [2.45, 2.75) is 57.4 Å². The van der Waals surface area contributed by atoms with Crippen molar-refractivity contribution in [1.82, 2.24) is 29.6 Å². The third-order valence-electron chi connectivity index (χ3n) is 6.87. The van der Waals surface area contributed by atoms with E-state index in [1.165, 1.54) is 11.4 Å². The molecule has 0 spiro atoms. The molecule has 3 heterocycles. The number of imidazole rings is 1. The van der Waals surface area contributed by atoms with Crippen LogP contribution in [0.15, 0.2) is 66.0 Å². The van der Waals surface area contributed by atoms with Crippen molar-refractivity contribution in [3.8, 4) is 0 Å². The van der Waals surface area contributed by atoms with Gasteiger partial charge in [-0.15, -0.1) is 0 Å². The number of carbonyl (C=O) groups is 1. The number of H-pyrrole nitrogens is 1. The first-order valence-corrected chi connectivity index (χ1v) is 15.2. The van der Waals surface area contributed by atoms with Gasteiger partial charge in [-0.05, 0) is 67.5 Å². The van der Waals surface area contributed by atoms with E-state index in [4.69, 9.17) is 4.74 Å². The van der Waals surface area contributed by atoms with Gasteiger partial charge in [0.05, 0.1) is 22.1 Å². The van der Waals surface area contributed by atoms with Gasteiger partial charge in [-0.1, -0.05) is 32.0 Å². The van der Waals surface area contributed by atoms with Crippen molar-refractivity contribution < 1.29 is 17.9 Å². The summed E-state index contributed by atoms with van der Waals surface area (Å²) in [6.45, 7) is 6.33. The predicted molar refractivity (Wildman–Crippen MR) is 158 cm³/mol. The molecule has 0 aliphatic carbocycles. The topological polar surface area (TPSA) is 130 Å². The molecule has 11 heteroatoms. The number of aromatic nitrogens is 4. The average Bonchev–Trinajstić information content (AvgIpc) is 3.35. The molecule has 10 nitrogen and oxygen atoms in total. The van der Waals surface area contributed by atoms with E-state index in [1.54, 1.807) is 42.9 Å². The van der Waals surface area contributed by atoms with E-state index in [9.17, 15) is 13.2 Å². The summed E-state index contributed by atoms with van der Waals surface area (Å²) in [6.07, 6.45) is 7.31. The van der Waals surface area contributed by atoms with Gasteiger partial charge < -0.3 is 15.0 Å². The standard InChI is InChI=1S/C30H38N6O4S/c1-21(2)17-25(20-40-30(37)33-15-6-8-24-7-5-14-31-19-24)36(4)41(38,39)26-11-9-23(10-12-26)18-28-29-27(13-16-32-28)34-22(3)35-29/h5,7,9-14,16,19,21,25H,6,8,15,17-18,20H2,1-4H3,(H,33,37)(H,34,35)/t25-/m0/s1. The second kappa shape index (κ2) is 13.7. The fourth-order valence-corrected chi connectivity index (χ4v) is 6.05. The number of pyridine rings is 2. The van der Waals surface area contributed by atoms with Gasteiger partial charge in [0.1, 0.15) is 17.9 Å². The Kier molecular flexibility index (Phi) is 10.1. The molecule has 4 aromatic rings. The number of aromatic amines is 1. The van der Waals surface area contributed by atoms with E-state index in [0.29, 0.717) is 19.4 Å². The molecule has 0 saturated carbocycles. The maximum absolute atomic E-state index is 13.5. The van der Waals surface area contributed by atoms with Crippen LogP contribution in [0.3, 0.4) is 0 Å². The second-order valence-electron chi connectivity index (χ2n) is 10.6. The number of carbonyl (C=O) groups excluding carboxylic acids is 1. The van der Waals surface area contributed by atoms with Crippen LogP contribution in [0.2, 0.25) is 0 Å². The molecule has 0 aliphatic rings.